The summed E-state index contributed by atoms with van der Waals surface area (Å²) in [5.74, 6) is -5.68. The van der Waals surface area contributed by atoms with Crippen LogP contribution in [0.5, 0.6) is 0 Å². The van der Waals surface area contributed by atoms with Gasteiger partial charge in [0, 0.05) is 160 Å². The Labute approximate surface area is 721 Å². The van der Waals surface area contributed by atoms with Crippen LogP contribution < -0.4 is 0 Å². The summed E-state index contributed by atoms with van der Waals surface area (Å²) < 4.78 is 0. The van der Waals surface area contributed by atoms with Crippen molar-refractivity contribution in [3.05, 3.63) is 0 Å². The van der Waals surface area contributed by atoms with Gasteiger partial charge < -0.3 is 0 Å². The van der Waals surface area contributed by atoms with Crippen molar-refractivity contribution in [3.8, 4) is 0 Å². The minimum atomic E-state index is -0.615. The summed E-state index contributed by atoms with van der Waals surface area (Å²) in [5, 5.41) is 0. The van der Waals surface area contributed by atoms with Crippen molar-refractivity contribution < 1.29 is 264 Å². The molecule has 0 N–H and O–H groups in total. The first kappa shape index (κ1) is 135. The molecule has 37 heteroatoms. The molecule has 0 fully saturated rings. The van der Waals surface area contributed by atoms with Crippen LogP contribution in [-0.2, 0) is 264 Å². The molecule has 0 atom stereocenters. The summed E-state index contributed by atoms with van der Waals surface area (Å²) in [6.45, 7) is 33.0. The standard InChI is InChI=1S/2C10H18O4.4C9H16O4.2C8H14O4.5Ti/c2*1-3-5-7-13-14-10(12)8-9(11)6-4-2;4*1-3-5-8(10)7-9(11)13-12-6-4-2;2*1-3-5-7(9)6-8(10)12-11-4-2;;;;;/h2*3-8H2,1-2H3;4*3-7H2,1-2H3;2*3-6H2,1-2H3;;;;;. The number of unbranched alkanes of at least 4 members (excludes halogenated alkanes) is 2. The van der Waals surface area contributed by atoms with Gasteiger partial charge in [0.15, 0.2) is 0 Å². The molecule has 0 aliphatic rings. The topological polar surface area (TPSA) is 421 Å². The van der Waals surface area contributed by atoms with Crippen molar-refractivity contribution >= 4 is 94.0 Å². The molecule has 0 aliphatic carbocycles. The van der Waals surface area contributed by atoms with Crippen LogP contribution in [0.2, 0.25) is 0 Å². The van der Waals surface area contributed by atoms with Crippen molar-refractivity contribution in [1.82, 2.24) is 0 Å². The van der Waals surface area contributed by atoms with Crippen LogP contribution in [0.4, 0.5) is 0 Å². The zero-order valence-electron chi connectivity index (χ0n) is 67.8. The number of Topliss-reactive ketones (excluding diaryl/α,β-unsaturated/α-hetero) is 8. The molecule has 0 saturated carbocycles. The zero-order chi connectivity index (χ0) is 80.8. The average molecular weight is 1750 g/mol. The van der Waals surface area contributed by atoms with E-state index in [9.17, 15) is 76.7 Å². The van der Waals surface area contributed by atoms with Gasteiger partial charge in [0.25, 0.3) is 0 Å². The van der Waals surface area contributed by atoms with E-state index in [0.717, 1.165) is 103 Å². The predicted molar refractivity (Wildman–Crippen MR) is 375 cm³/mol. The molecule has 0 heterocycles. The number of ketones is 8. The van der Waals surface area contributed by atoms with E-state index in [1.165, 1.54) is 0 Å². The van der Waals surface area contributed by atoms with Gasteiger partial charge in [-0.15, -0.1) is 0 Å². The van der Waals surface area contributed by atoms with Gasteiger partial charge >= 0.3 is 47.8 Å². The number of rotatable bonds is 56. The fourth-order valence-electron chi connectivity index (χ4n) is 6.09. The average Bonchev–Trinajstić information content (AvgIpc) is 1.15. The van der Waals surface area contributed by atoms with E-state index in [2.05, 4.69) is 78.2 Å². The van der Waals surface area contributed by atoms with Crippen molar-refractivity contribution in [2.75, 3.05) is 52.9 Å². The second-order valence-electron chi connectivity index (χ2n) is 21.8. The van der Waals surface area contributed by atoms with Crippen LogP contribution in [0.3, 0.4) is 0 Å². The van der Waals surface area contributed by atoms with E-state index in [1.807, 2.05) is 96.9 Å². The van der Waals surface area contributed by atoms with Gasteiger partial charge in [-0.2, -0.15) is 39.1 Å². The van der Waals surface area contributed by atoms with Gasteiger partial charge in [-0.25, -0.2) is 38.4 Å². The zero-order valence-corrected chi connectivity index (χ0v) is 75.7. The van der Waals surface area contributed by atoms with Gasteiger partial charge in [0.1, 0.15) is 97.6 Å². The van der Waals surface area contributed by atoms with Gasteiger partial charge in [0.05, 0.1) is 52.9 Å². The van der Waals surface area contributed by atoms with Crippen molar-refractivity contribution in [2.45, 2.75) is 316 Å². The summed E-state index contributed by atoms with van der Waals surface area (Å²) in [4.78, 5) is 245. The Bertz CT molecular complexity index is 2030. The third-order valence-corrected chi connectivity index (χ3v) is 10.7. The molecule has 0 aliphatic heterocycles. The molecule has 109 heavy (non-hydrogen) atoms. The fourth-order valence-corrected chi connectivity index (χ4v) is 6.09. The molecule has 0 bridgehead atoms. The first-order valence-electron chi connectivity index (χ1n) is 36.3. The van der Waals surface area contributed by atoms with Crippen molar-refractivity contribution in [2.24, 2.45) is 0 Å². The van der Waals surface area contributed by atoms with E-state index < -0.39 is 47.8 Å². The minimum Gasteiger partial charge on any atom is -0.299 e. The SMILES string of the molecule is CCCC(=O)CC(=O)OOCC.CCCC(=O)CC(=O)OOCC.CCCCOOC(=O)CC(=O)CCC.CCCCOOC(=O)CC(=O)CCC.CCCOOC(=O)CC(=O)CCC.CCCOOC(=O)CC(=O)CCC.CCCOOC(=O)CC(=O)CCC.CCCOOC(=O)CC(=O)CCC.[Ti].[Ti].[Ti].[Ti].[Ti]. The Kier molecular flexibility index (Phi) is 137. The second kappa shape index (κ2) is 111. The smallest absolute Gasteiger partial charge is 0.299 e. The third kappa shape index (κ3) is 128. The summed E-state index contributed by atoms with van der Waals surface area (Å²) in [7, 11) is 0. The van der Waals surface area contributed by atoms with Crippen molar-refractivity contribution in [1.29, 1.82) is 0 Å². The Hall–Kier alpha value is -3.63. The fraction of sp³-hybridized carbons (Fsp3) is 0.778. The maximum atomic E-state index is 11.0. The Morgan fingerprint density at radius 2 is 0.294 bits per heavy atom. The maximum absolute atomic E-state index is 11.0. The third-order valence-electron chi connectivity index (χ3n) is 10.7. The molecule has 0 rings (SSSR count). The molecular formula is C72H128O32Ti5. The van der Waals surface area contributed by atoms with Gasteiger partial charge in [-0.1, -0.05) is 110 Å². The molecule has 0 spiro atoms. The Morgan fingerprint density at radius 3 is 0.404 bits per heavy atom. The summed E-state index contributed by atoms with van der Waals surface area (Å²) in [6, 6.07) is 0. The van der Waals surface area contributed by atoms with E-state index in [4.69, 9.17) is 0 Å². The summed E-state index contributed by atoms with van der Waals surface area (Å²) in [5.41, 5.74) is 0. The van der Waals surface area contributed by atoms with Crippen LogP contribution in [0.25, 0.3) is 0 Å². The predicted octanol–water partition coefficient (Wildman–Crippen LogP) is 13.0. The molecule has 0 unspecified atom stereocenters. The van der Waals surface area contributed by atoms with Crippen LogP contribution in [0.1, 0.15) is 316 Å². The molecule has 0 radical (unpaired) electrons. The number of carbonyl (C=O) groups excluding carboxylic acids is 16. The number of hydrogen-bond donors (Lipinski definition) is 0. The summed E-state index contributed by atoms with van der Waals surface area (Å²) >= 11 is 0. The molecular weight excluding hydrogens is 1620 g/mol. The van der Waals surface area contributed by atoms with Crippen LogP contribution in [-0.4, -0.2) is 147 Å². The molecule has 0 amide bonds. The minimum absolute atomic E-state index is 0. The first-order chi connectivity index (χ1) is 49.6. The summed E-state index contributed by atoms with van der Waals surface area (Å²) in [6.07, 6.45) is 14.6. The van der Waals surface area contributed by atoms with Crippen LogP contribution in [0.15, 0.2) is 0 Å². The largest absolute Gasteiger partial charge is 0.349 e. The van der Waals surface area contributed by atoms with Gasteiger partial charge in [0.2, 0.25) is 0 Å². The van der Waals surface area contributed by atoms with E-state index >= 15 is 0 Å². The normalized spacial score (nSPS) is 9.25. The van der Waals surface area contributed by atoms with Crippen LogP contribution >= 0.6 is 0 Å². The molecule has 0 aromatic carbocycles. The van der Waals surface area contributed by atoms with E-state index in [1.54, 1.807) is 13.8 Å². The van der Waals surface area contributed by atoms with E-state index in [0.29, 0.717) is 104 Å². The second-order valence-corrected chi connectivity index (χ2v) is 21.8. The van der Waals surface area contributed by atoms with Crippen LogP contribution in [0, 0.1) is 0 Å². The molecule has 0 aromatic rings. The maximum Gasteiger partial charge on any atom is 0.349 e. The molecule has 0 saturated heterocycles. The van der Waals surface area contributed by atoms with Gasteiger partial charge in [-0.3, -0.25) is 77.5 Å². The Balaban J connectivity index is -0.0000000873. The Morgan fingerprint density at radius 1 is 0.165 bits per heavy atom. The monoisotopic (exact) mass is 1740 g/mol. The molecule has 0 aromatic heterocycles. The number of carbonyl (C=O) groups is 16. The van der Waals surface area contributed by atoms with E-state index in [-0.39, 0.29) is 206 Å². The van der Waals surface area contributed by atoms with Gasteiger partial charge in [-0.05, 0) is 104 Å². The quantitative estimate of drug-likeness (QED) is 0.0179. The van der Waals surface area contributed by atoms with Crippen molar-refractivity contribution in [3.63, 3.8) is 0 Å². The number of hydrogen-bond acceptors (Lipinski definition) is 32. The first-order valence-corrected chi connectivity index (χ1v) is 36.3. The molecule has 32 nitrogen and oxygen atoms in total. The molecule has 628 valence electrons.